The summed E-state index contributed by atoms with van der Waals surface area (Å²) in [6.45, 7) is 3.64. The molecule has 5 rings (SSSR count). The Morgan fingerprint density at radius 3 is 2.34 bits per heavy atom. The normalized spacial score (nSPS) is 11.4. The van der Waals surface area contributed by atoms with E-state index in [1.165, 1.54) is 0 Å². The number of halogens is 1. The van der Waals surface area contributed by atoms with Crippen molar-refractivity contribution < 1.29 is 9.53 Å². The number of carbonyl (C=O) groups excluding carboxylic acids is 1. The quantitative estimate of drug-likeness (QED) is 0.344. The van der Waals surface area contributed by atoms with Crippen molar-refractivity contribution in [1.82, 2.24) is 29.1 Å². The monoisotopic (exact) mass is 489 g/mol. The van der Waals surface area contributed by atoms with E-state index in [4.69, 9.17) is 16.3 Å². The molecule has 1 aromatic carbocycles. The molecule has 0 aliphatic carbocycles. The molecule has 1 N–H and O–H groups in total. The van der Waals surface area contributed by atoms with Crippen molar-refractivity contribution in [3.05, 3.63) is 66.3 Å². The lowest BCUT2D eigenvalue weighted by molar-refractivity contribution is 0.118. The van der Waals surface area contributed by atoms with Crippen LogP contribution in [0.15, 0.2) is 61.3 Å². The van der Waals surface area contributed by atoms with Crippen molar-refractivity contribution in [3.63, 3.8) is 0 Å². The molecular weight excluding hydrogens is 466 g/mol. The zero-order valence-corrected chi connectivity index (χ0v) is 20.5. The second kappa shape index (κ2) is 8.92. The number of hydrogen-bond donors (Lipinski definition) is 1. The molecular formula is C25H24ClN7O2. The summed E-state index contributed by atoms with van der Waals surface area (Å²) >= 11 is 6.48. The highest BCUT2D eigenvalue weighted by atomic mass is 35.5. The molecule has 4 aromatic heterocycles. The molecule has 178 valence electrons. The molecule has 0 fully saturated rings. The Bertz CT molecular complexity index is 1550. The lowest BCUT2D eigenvalue weighted by Gasteiger charge is -2.13. The molecule has 0 bridgehead atoms. The first kappa shape index (κ1) is 22.7. The number of nitrogens with one attached hydrogen (secondary N) is 1. The van der Waals surface area contributed by atoms with E-state index in [0.717, 1.165) is 22.1 Å². The third-order valence-electron chi connectivity index (χ3n) is 5.47. The van der Waals surface area contributed by atoms with Gasteiger partial charge in [-0.05, 0) is 37.6 Å². The fourth-order valence-electron chi connectivity index (χ4n) is 3.90. The van der Waals surface area contributed by atoms with Gasteiger partial charge in [0, 0.05) is 55.3 Å². The first-order valence-electron chi connectivity index (χ1n) is 11.1. The largest absolute Gasteiger partial charge is 0.446 e. The number of rotatable bonds is 5. The highest BCUT2D eigenvalue weighted by molar-refractivity contribution is 6.33. The van der Waals surface area contributed by atoms with E-state index in [1.807, 2.05) is 70.7 Å². The average molecular weight is 490 g/mol. The molecule has 4 heterocycles. The SMILES string of the molecule is CC(C)OC(=O)n1c(-c2cnn(C)c2)cc2cnc(Nc3cc(-c4cnn(C)c4)ccc3Cl)cc21. The van der Waals surface area contributed by atoms with Crippen LogP contribution in [0.4, 0.5) is 16.3 Å². The van der Waals surface area contributed by atoms with Crippen molar-refractivity contribution in [2.24, 2.45) is 14.1 Å². The molecule has 0 aliphatic rings. The maximum absolute atomic E-state index is 13.1. The average Bonchev–Trinajstić information content (AvgIpc) is 3.52. The summed E-state index contributed by atoms with van der Waals surface area (Å²) in [5.74, 6) is 0.539. The number of nitrogens with zero attached hydrogens (tertiary/aromatic N) is 6. The molecule has 0 saturated carbocycles. The fraction of sp³-hybridized carbons (Fsp3) is 0.200. The molecule has 35 heavy (non-hydrogen) atoms. The number of hydrogen-bond acceptors (Lipinski definition) is 6. The summed E-state index contributed by atoms with van der Waals surface area (Å²) in [5, 5.41) is 13.1. The van der Waals surface area contributed by atoms with Crippen LogP contribution in [-0.2, 0) is 18.8 Å². The predicted molar refractivity (Wildman–Crippen MR) is 136 cm³/mol. The molecule has 0 aliphatic heterocycles. The standard InChI is InChI=1S/C25H24ClN7O2/c1-15(2)35-25(34)33-22(19-12-29-32(4)14-19)8-17-10-27-24(9-23(17)33)30-21-7-16(5-6-20(21)26)18-11-28-31(3)13-18/h5-15H,1-4H3,(H,27,30). The van der Waals surface area contributed by atoms with Crippen molar-refractivity contribution in [1.29, 1.82) is 0 Å². The lowest BCUT2D eigenvalue weighted by atomic mass is 10.1. The van der Waals surface area contributed by atoms with Crippen LogP contribution in [0.2, 0.25) is 5.02 Å². The summed E-state index contributed by atoms with van der Waals surface area (Å²) in [6.07, 6.45) is 8.27. The van der Waals surface area contributed by atoms with E-state index < -0.39 is 6.09 Å². The summed E-state index contributed by atoms with van der Waals surface area (Å²) < 4.78 is 10.5. The molecule has 0 saturated heterocycles. The molecule has 0 amide bonds. The van der Waals surface area contributed by atoms with E-state index in [-0.39, 0.29) is 6.10 Å². The van der Waals surface area contributed by atoms with Gasteiger partial charge < -0.3 is 10.1 Å². The Labute approximate surface area is 206 Å². The fourth-order valence-corrected chi connectivity index (χ4v) is 4.06. The van der Waals surface area contributed by atoms with Crippen molar-refractivity contribution >= 4 is 40.1 Å². The van der Waals surface area contributed by atoms with Crippen LogP contribution in [-0.4, -0.2) is 41.3 Å². The van der Waals surface area contributed by atoms with Gasteiger partial charge in [0.05, 0.1) is 40.4 Å². The topological polar surface area (TPSA) is 91.8 Å². The van der Waals surface area contributed by atoms with Gasteiger partial charge in [0.1, 0.15) is 5.82 Å². The molecule has 0 radical (unpaired) electrons. The number of benzene rings is 1. The third kappa shape index (κ3) is 4.50. The first-order chi connectivity index (χ1) is 16.8. The summed E-state index contributed by atoms with van der Waals surface area (Å²) in [4.78, 5) is 17.7. The molecule has 0 atom stereocenters. The Kier molecular flexibility index (Phi) is 5.78. The van der Waals surface area contributed by atoms with Crippen LogP contribution in [0, 0.1) is 0 Å². The van der Waals surface area contributed by atoms with Crippen LogP contribution >= 0.6 is 11.6 Å². The predicted octanol–water partition coefficient (Wildman–Crippen LogP) is 5.63. The Balaban J connectivity index is 1.57. The van der Waals surface area contributed by atoms with Crippen LogP contribution < -0.4 is 5.32 Å². The zero-order valence-electron chi connectivity index (χ0n) is 19.7. The van der Waals surface area contributed by atoms with Gasteiger partial charge in [-0.25, -0.2) is 14.3 Å². The van der Waals surface area contributed by atoms with Gasteiger partial charge in [-0.2, -0.15) is 10.2 Å². The maximum atomic E-state index is 13.1. The minimum absolute atomic E-state index is 0.268. The molecule has 10 heteroatoms. The summed E-state index contributed by atoms with van der Waals surface area (Å²) in [6, 6.07) is 9.42. The van der Waals surface area contributed by atoms with Gasteiger partial charge in [0.2, 0.25) is 0 Å². The number of ether oxygens (including phenoxy) is 1. The van der Waals surface area contributed by atoms with Crippen molar-refractivity contribution in [2.75, 3.05) is 5.32 Å². The number of carbonyl (C=O) groups is 1. The Morgan fingerprint density at radius 2 is 1.69 bits per heavy atom. The number of aryl methyl sites for hydroxylation is 2. The lowest BCUT2D eigenvalue weighted by Crippen LogP contribution is -2.18. The summed E-state index contributed by atoms with van der Waals surface area (Å²) in [5.41, 5.74) is 4.76. The van der Waals surface area contributed by atoms with E-state index >= 15 is 0 Å². The van der Waals surface area contributed by atoms with Gasteiger partial charge in [0.15, 0.2) is 0 Å². The highest BCUT2D eigenvalue weighted by Gasteiger charge is 2.20. The highest BCUT2D eigenvalue weighted by Crippen LogP contribution is 2.33. The number of pyridine rings is 1. The van der Waals surface area contributed by atoms with Gasteiger partial charge in [-0.1, -0.05) is 17.7 Å². The maximum Gasteiger partial charge on any atom is 0.419 e. The van der Waals surface area contributed by atoms with E-state index in [9.17, 15) is 4.79 Å². The van der Waals surface area contributed by atoms with E-state index in [0.29, 0.717) is 27.7 Å². The summed E-state index contributed by atoms with van der Waals surface area (Å²) in [7, 11) is 3.70. The Hall–Kier alpha value is -4.11. The van der Waals surface area contributed by atoms with Crippen molar-refractivity contribution in [2.45, 2.75) is 20.0 Å². The smallest absolute Gasteiger partial charge is 0.419 e. The zero-order chi connectivity index (χ0) is 24.7. The first-order valence-corrected chi connectivity index (χ1v) is 11.4. The molecule has 0 spiro atoms. The molecule has 9 nitrogen and oxygen atoms in total. The van der Waals surface area contributed by atoms with Gasteiger partial charge in [0.25, 0.3) is 0 Å². The number of fused-ring (bicyclic) bond motifs is 1. The molecule has 5 aromatic rings. The second-order valence-corrected chi connectivity index (χ2v) is 8.96. The van der Waals surface area contributed by atoms with Gasteiger partial charge in [-0.15, -0.1) is 0 Å². The van der Waals surface area contributed by atoms with E-state index in [2.05, 4.69) is 20.5 Å². The van der Waals surface area contributed by atoms with Crippen LogP contribution in [0.25, 0.3) is 33.3 Å². The minimum Gasteiger partial charge on any atom is -0.446 e. The van der Waals surface area contributed by atoms with Crippen molar-refractivity contribution in [3.8, 4) is 22.4 Å². The van der Waals surface area contributed by atoms with Crippen LogP contribution in [0.1, 0.15) is 13.8 Å². The minimum atomic E-state index is -0.470. The second-order valence-electron chi connectivity index (χ2n) is 8.55. The van der Waals surface area contributed by atoms with Gasteiger partial charge in [-0.3, -0.25) is 9.36 Å². The Morgan fingerprint density at radius 1 is 0.971 bits per heavy atom. The molecule has 0 unspecified atom stereocenters. The van der Waals surface area contributed by atoms with Gasteiger partial charge >= 0.3 is 6.09 Å². The van der Waals surface area contributed by atoms with E-state index in [1.54, 1.807) is 32.5 Å². The number of anilines is 2. The van der Waals surface area contributed by atoms with Crippen LogP contribution in [0.5, 0.6) is 0 Å². The van der Waals surface area contributed by atoms with Crippen LogP contribution in [0.3, 0.4) is 0 Å². The number of aromatic nitrogens is 6. The third-order valence-corrected chi connectivity index (χ3v) is 5.80.